The Labute approximate surface area is 166 Å². The lowest BCUT2D eigenvalue weighted by Gasteiger charge is -2.31. The molecule has 0 radical (unpaired) electrons. The van der Waals surface area contributed by atoms with Crippen LogP contribution in [0.4, 0.5) is 5.69 Å². The van der Waals surface area contributed by atoms with E-state index in [1.807, 2.05) is 69.3 Å². The second-order valence-electron chi connectivity index (χ2n) is 6.68. The Morgan fingerprint density at radius 2 is 1.48 bits per heavy atom. The van der Waals surface area contributed by atoms with Gasteiger partial charge < -0.3 is 0 Å². The van der Waals surface area contributed by atoms with Gasteiger partial charge >= 0.3 is 0 Å². The van der Waals surface area contributed by atoms with E-state index in [2.05, 4.69) is 0 Å². The monoisotopic (exact) mass is 399 g/mol. The summed E-state index contributed by atoms with van der Waals surface area (Å²) in [4.78, 5) is 0.215. The van der Waals surface area contributed by atoms with Crippen LogP contribution in [0.15, 0.2) is 77.7 Å². The Kier molecular flexibility index (Phi) is 5.59. The molecule has 140 valence electrons. The van der Waals surface area contributed by atoms with Gasteiger partial charge in [0.15, 0.2) is 0 Å². The number of rotatable bonds is 5. The van der Waals surface area contributed by atoms with Gasteiger partial charge in [-0.05, 0) is 68.3 Å². The zero-order valence-corrected chi connectivity index (χ0v) is 17.1. The highest BCUT2D eigenvalue weighted by molar-refractivity contribution is 7.92. The summed E-state index contributed by atoms with van der Waals surface area (Å²) in [6.07, 6.45) is 0. The van der Waals surface area contributed by atoms with Crippen LogP contribution in [-0.2, 0) is 10.0 Å². The number of halogens is 1. The lowest BCUT2D eigenvalue weighted by Crippen LogP contribution is -2.33. The number of aryl methyl sites for hydroxylation is 2. The lowest BCUT2D eigenvalue weighted by atomic mass is 10.1. The zero-order chi connectivity index (χ0) is 19.6. The highest BCUT2D eigenvalue weighted by Gasteiger charge is 2.30. The molecule has 0 spiro atoms. The number of hydrogen-bond acceptors (Lipinski definition) is 2. The van der Waals surface area contributed by atoms with Crippen LogP contribution < -0.4 is 4.31 Å². The first-order chi connectivity index (χ1) is 12.8. The van der Waals surface area contributed by atoms with E-state index in [-0.39, 0.29) is 10.9 Å². The molecule has 27 heavy (non-hydrogen) atoms. The molecule has 0 bridgehead atoms. The second-order valence-corrected chi connectivity index (χ2v) is 8.93. The number of benzene rings is 3. The van der Waals surface area contributed by atoms with Crippen LogP contribution in [0.5, 0.6) is 0 Å². The maximum Gasteiger partial charge on any atom is 0.264 e. The molecule has 3 aromatic rings. The van der Waals surface area contributed by atoms with E-state index in [1.54, 1.807) is 24.3 Å². The lowest BCUT2D eigenvalue weighted by molar-refractivity contribution is 0.583. The third-order valence-corrected chi connectivity index (χ3v) is 6.70. The van der Waals surface area contributed by atoms with Crippen molar-refractivity contribution in [1.29, 1.82) is 0 Å². The smallest absolute Gasteiger partial charge is 0.259 e. The van der Waals surface area contributed by atoms with Gasteiger partial charge in [-0.1, -0.05) is 53.6 Å². The van der Waals surface area contributed by atoms with Crippen LogP contribution in [-0.4, -0.2) is 8.42 Å². The molecule has 0 aromatic heterocycles. The van der Waals surface area contributed by atoms with Crippen LogP contribution in [0.1, 0.15) is 29.7 Å². The van der Waals surface area contributed by atoms with E-state index >= 15 is 0 Å². The van der Waals surface area contributed by atoms with Gasteiger partial charge in [-0.3, -0.25) is 4.31 Å². The molecule has 3 nitrogen and oxygen atoms in total. The third-order valence-electron chi connectivity index (χ3n) is 4.54. The first kappa shape index (κ1) is 19.5. The van der Waals surface area contributed by atoms with Crippen molar-refractivity contribution >= 4 is 27.3 Å². The van der Waals surface area contributed by atoms with E-state index in [1.165, 1.54) is 4.31 Å². The molecule has 3 rings (SSSR count). The third kappa shape index (κ3) is 4.18. The molecular weight excluding hydrogens is 378 g/mol. The number of sulfonamides is 1. The molecule has 0 aliphatic carbocycles. The minimum atomic E-state index is -3.77. The molecule has 3 aromatic carbocycles. The normalized spacial score (nSPS) is 12.6. The van der Waals surface area contributed by atoms with Crippen molar-refractivity contribution in [3.05, 3.63) is 94.5 Å². The summed E-state index contributed by atoms with van der Waals surface area (Å²) in [6, 6.07) is 21.4. The van der Waals surface area contributed by atoms with E-state index in [9.17, 15) is 8.42 Å². The van der Waals surface area contributed by atoms with E-state index in [0.29, 0.717) is 10.7 Å². The van der Waals surface area contributed by atoms with Crippen LogP contribution in [0.2, 0.25) is 5.02 Å². The first-order valence-corrected chi connectivity index (χ1v) is 10.5. The van der Waals surface area contributed by atoms with Crippen LogP contribution in [0.3, 0.4) is 0 Å². The Morgan fingerprint density at radius 1 is 0.852 bits per heavy atom. The maximum atomic E-state index is 13.5. The highest BCUT2D eigenvalue weighted by atomic mass is 35.5. The van der Waals surface area contributed by atoms with Gasteiger partial charge in [-0.15, -0.1) is 0 Å². The average Bonchev–Trinajstić information content (AvgIpc) is 2.62. The molecule has 1 atom stereocenters. The van der Waals surface area contributed by atoms with Crippen molar-refractivity contribution in [3.8, 4) is 0 Å². The highest BCUT2D eigenvalue weighted by Crippen LogP contribution is 2.34. The number of hydrogen-bond donors (Lipinski definition) is 0. The van der Waals surface area contributed by atoms with E-state index < -0.39 is 10.0 Å². The Bertz CT molecular complexity index is 1030. The SMILES string of the molecule is Cc1ccc([C@@H](C)N(c2cccc(C)c2)S(=O)(=O)c2ccc(Cl)cc2)cc1. The predicted molar refractivity (Wildman–Crippen MR) is 112 cm³/mol. The Balaban J connectivity index is 2.15. The van der Waals surface area contributed by atoms with Crippen molar-refractivity contribution in [3.63, 3.8) is 0 Å². The summed E-state index contributed by atoms with van der Waals surface area (Å²) in [5.41, 5.74) is 3.70. The zero-order valence-electron chi connectivity index (χ0n) is 15.6. The largest absolute Gasteiger partial charge is 0.264 e. The summed E-state index contributed by atoms with van der Waals surface area (Å²) in [5, 5.41) is 0.502. The van der Waals surface area contributed by atoms with Crippen LogP contribution in [0.25, 0.3) is 0 Å². The van der Waals surface area contributed by atoms with Crippen molar-refractivity contribution in [1.82, 2.24) is 0 Å². The molecule has 0 unspecified atom stereocenters. The molecule has 0 saturated carbocycles. The fraction of sp³-hybridized carbons (Fsp3) is 0.182. The first-order valence-electron chi connectivity index (χ1n) is 8.72. The van der Waals surface area contributed by atoms with Crippen molar-refractivity contribution in [2.24, 2.45) is 0 Å². The average molecular weight is 400 g/mol. The molecule has 5 heteroatoms. The van der Waals surface area contributed by atoms with Gasteiger partial charge in [-0.2, -0.15) is 0 Å². The van der Waals surface area contributed by atoms with Gasteiger partial charge in [0.1, 0.15) is 0 Å². The molecule has 0 amide bonds. The fourth-order valence-corrected chi connectivity index (χ4v) is 4.80. The molecule has 0 saturated heterocycles. The number of anilines is 1. The van der Waals surface area contributed by atoms with Gasteiger partial charge in [0.05, 0.1) is 16.6 Å². The maximum absolute atomic E-state index is 13.5. The fourth-order valence-electron chi connectivity index (χ4n) is 3.04. The molecule has 0 aliphatic rings. The minimum absolute atomic E-state index is 0.215. The van der Waals surface area contributed by atoms with Crippen molar-refractivity contribution in [2.75, 3.05) is 4.31 Å². The summed E-state index contributed by atoms with van der Waals surface area (Å²) in [5.74, 6) is 0. The van der Waals surface area contributed by atoms with E-state index in [4.69, 9.17) is 11.6 Å². The Hall–Kier alpha value is -2.30. The Morgan fingerprint density at radius 3 is 2.07 bits per heavy atom. The van der Waals surface area contributed by atoms with Gasteiger partial charge in [0.2, 0.25) is 0 Å². The molecule has 0 N–H and O–H groups in total. The summed E-state index contributed by atoms with van der Waals surface area (Å²) >= 11 is 5.94. The second kappa shape index (κ2) is 7.75. The van der Waals surface area contributed by atoms with E-state index in [0.717, 1.165) is 16.7 Å². The molecule has 0 heterocycles. The van der Waals surface area contributed by atoms with Gasteiger partial charge in [-0.25, -0.2) is 8.42 Å². The molecular formula is C22H22ClNO2S. The molecule has 0 aliphatic heterocycles. The predicted octanol–water partition coefficient (Wildman–Crippen LogP) is 5.91. The minimum Gasteiger partial charge on any atom is -0.259 e. The van der Waals surface area contributed by atoms with Gasteiger partial charge in [0, 0.05) is 5.02 Å². The standard InChI is InChI=1S/C22H22ClNO2S/c1-16-7-9-19(10-8-16)18(3)24(21-6-4-5-17(2)15-21)27(25,26)22-13-11-20(23)12-14-22/h4-15,18H,1-3H3/t18-/m1/s1. The van der Waals surface area contributed by atoms with Crippen LogP contribution in [0, 0.1) is 13.8 Å². The summed E-state index contributed by atoms with van der Waals surface area (Å²) < 4.78 is 28.5. The van der Waals surface area contributed by atoms with Crippen molar-refractivity contribution in [2.45, 2.75) is 31.7 Å². The number of nitrogens with zero attached hydrogens (tertiary/aromatic N) is 1. The quantitative estimate of drug-likeness (QED) is 0.534. The van der Waals surface area contributed by atoms with Crippen molar-refractivity contribution < 1.29 is 8.42 Å². The van der Waals surface area contributed by atoms with Crippen LogP contribution >= 0.6 is 11.6 Å². The van der Waals surface area contributed by atoms with Gasteiger partial charge in [0.25, 0.3) is 10.0 Å². The molecule has 0 fully saturated rings. The summed E-state index contributed by atoms with van der Waals surface area (Å²) in [7, 11) is -3.77. The topological polar surface area (TPSA) is 37.4 Å². The summed E-state index contributed by atoms with van der Waals surface area (Å²) in [6.45, 7) is 5.87.